The normalized spacial score (nSPS) is 11.0. The van der Waals surface area contributed by atoms with Crippen molar-refractivity contribution in [3.05, 3.63) is 18.2 Å². The molecule has 0 radical (unpaired) electrons. The summed E-state index contributed by atoms with van der Waals surface area (Å²) in [5.41, 5.74) is -0.507. The maximum absolute atomic E-state index is 11.3. The molecule has 1 rings (SSSR count). The summed E-state index contributed by atoms with van der Waals surface area (Å²) in [6.45, 7) is 6.26. The quantitative estimate of drug-likeness (QED) is 0.802. The number of aromatic nitrogens is 2. The van der Waals surface area contributed by atoms with Gasteiger partial charge in [-0.1, -0.05) is 0 Å². The van der Waals surface area contributed by atoms with Crippen LogP contribution in [0.1, 0.15) is 31.4 Å². The van der Waals surface area contributed by atoms with Crippen LogP contribution in [-0.4, -0.2) is 34.1 Å². The van der Waals surface area contributed by atoms with Gasteiger partial charge in [0, 0.05) is 25.5 Å². The summed E-state index contributed by atoms with van der Waals surface area (Å²) in [6, 6.07) is 0. The summed E-state index contributed by atoms with van der Waals surface area (Å²) in [4.78, 5) is 25.7. The van der Waals surface area contributed by atoms with E-state index in [0.717, 1.165) is 0 Å². The van der Waals surface area contributed by atoms with Gasteiger partial charge in [-0.05, 0) is 20.8 Å². The molecule has 1 heterocycles. The van der Waals surface area contributed by atoms with E-state index in [-0.39, 0.29) is 0 Å². The molecule has 0 bridgehead atoms. The minimum absolute atomic E-state index is 0.344. The standard InChI is InChI=1S/C11H17N3O3/c1-11(2,3)17-10(16)13-5-7-14-6-4-12-9(14)8-15/h4,6,8H,5,7H2,1-3H3,(H,13,16). The van der Waals surface area contributed by atoms with Crippen LogP contribution in [0.5, 0.6) is 0 Å². The fraction of sp³-hybridized carbons (Fsp3) is 0.545. The minimum Gasteiger partial charge on any atom is -0.444 e. The largest absolute Gasteiger partial charge is 0.444 e. The van der Waals surface area contributed by atoms with Gasteiger partial charge in [-0.15, -0.1) is 0 Å². The molecule has 6 heteroatoms. The van der Waals surface area contributed by atoms with E-state index in [1.807, 2.05) is 0 Å². The van der Waals surface area contributed by atoms with Crippen LogP contribution < -0.4 is 5.32 Å². The highest BCUT2D eigenvalue weighted by Crippen LogP contribution is 2.06. The first-order valence-corrected chi connectivity index (χ1v) is 5.35. The van der Waals surface area contributed by atoms with E-state index >= 15 is 0 Å². The minimum atomic E-state index is -0.507. The topological polar surface area (TPSA) is 73.2 Å². The number of aldehydes is 1. The number of nitrogens with one attached hydrogen (secondary N) is 1. The Hall–Kier alpha value is -1.85. The first-order valence-electron chi connectivity index (χ1n) is 5.35. The van der Waals surface area contributed by atoms with Crippen molar-refractivity contribution in [1.29, 1.82) is 0 Å². The van der Waals surface area contributed by atoms with Crippen molar-refractivity contribution in [2.45, 2.75) is 32.9 Å². The third kappa shape index (κ3) is 4.67. The lowest BCUT2D eigenvalue weighted by molar-refractivity contribution is 0.0526. The first kappa shape index (κ1) is 13.2. The van der Waals surface area contributed by atoms with Crippen molar-refractivity contribution >= 4 is 12.4 Å². The van der Waals surface area contributed by atoms with E-state index in [4.69, 9.17) is 4.74 Å². The Bertz CT molecular complexity index is 393. The van der Waals surface area contributed by atoms with Crippen LogP contribution in [0.15, 0.2) is 12.4 Å². The Balaban J connectivity index is 2.33. The summed E-state index contributed by atoms with van der Waals surface area (Å²) in [6.07, 6.45) is 3.43. The Morgan fingerprint density at radius 3 is 2.88 bits per heavy atom. The smallest absolute Gasteiger partial charge is 0.407 e. The van der Waals surface area contributed by atoms with Crippen molar-refractivity contribution in [3.63, 3.8) is 0 Å². The second kappa shape index (κ2) is 5.47. The second-order valence-corrected chi connectivity index (χ2v) is 4.53. The van der Waals surface area contributed by atoms with Gasteiger partial charge in [0.15, 0.2) is 12.1 Å². The third-order valence-electron chi connectivity index (χ3n) is 1.87. The van der Waals surface area contributed by atoms with Crippen LogP contribution in [0, 0.1) is 0 Å². The van der Waals surface area contributed by atoms with Crippen molar-refractivity contribution < 1.29 is 14.3 Å². The highest BCUT2D eigenvalue weighted by Gasteiger charge is 2.15. The second-order valence-electron chi connectivity index (χ2n) is 4.53. The molecule has 0 saturated heterocycles. The molecule has 1 amide bonds. The van der Waals surface area contributed by atoms with Crippen LogP contribution in [0.25, 0.3) is 0 Å². The van der Waals surface area contributed by atoms with Crippen molar-refractivity contribution in [1.82, 2.24) is 14.9 Å². The number of rotatable bonds is 4. The van der Waals surface area contributed by atoms with Gasteiger partial charge in [0.25, 0.3) is 0 Å². The van der Waals surface area contributed by atoms with Crippen LogP contribution in [0.4, 0.5) is 4.79 Å². The summed E-state index contributed by atoms with van der Waals surface area (Å²) in [7, 11) is 0. The lowest BCUT2D eigenvalue weighted by atomic mass is 10.2. The van der Waals surface area contributed by atoms with Crippen LogP contribution in [0.2, 0.25) is 0 Å². The third-order valence-corrected chi connectivity index (χ3v) is 1.87. The molecule has 1 aromatic rings. The number of amides is 1. The van der Waals surface area contributed by atoms with Crippen molar-refractivity contribution in [3.8, 4) is 0 Å². The summed E-state index contributed by atoms with van der Waals surface area (Å²) < 4.78 is 6.73. The molecule has 0 fully saturated rings. The number of hydrogen-bond acceptors (Lipinski definition) is 4. The number of ether oxygens (including phenoxy) is 1. The highest BCUT2D eigenvalue weighted by atomic mass is 16.6. The molecule has 0 atom stereocenters. The van der Waals surface area contributed by atoms with Gasteiger partial charge in [-0.25, -0.2) is 9.78 Å². The lowest BCUT2D eigenvalue weighted by Crippen LogP contribution is -2.34. The molecule has 0 aliphatic carbocycles. The van der Waals surface area contributed by atoms with Gasteiger partial charge in [0.1, 0.15) is 5.60 Å². The fourth-order valence-electron chi connectivity index (χ4n) is 1.22. The molecule has 0 saturated carbocycles. The summed E-state index contributed by atoms with van der Waals surface area (Å²) in [5.74, 6) is 0.344. The predicted octanol–water partition coefficient (Wildman–Crippen LogP) is 1.22. The van der Waals surface area contributed by atoms with Gasteiger partial charge in [0.05, 0.1) is 0 Å². The van der Waals surface area contributed by atoms with E-state index in [1.54, 1.807) is 31.5 Å². The maximum Gasteiger partial charge on any atom is 0.407 e. The van der Waals surface area contributed by atoms with Gasteiger partial charge in [0.2, 0.25) is 0 Å². The molecule has 0 aliphatic heterocycles. The molecular formula is C11H17N3O3. The van der Waals surface area contributed by atoms with Gasteiger partial charge in [-0.2, -0.15) is 0 Å². The monoisotopic (exact) mass is 239 g/mol. The average Bonchev–Trinajstić information content (AvgIpc) is 2.62. The number of carbonyl (C=O) groups excluding carboxylic acids is 2. The number of carbonyl (C=O) groups is 2. The molecular weight excluding hydrogens is 222 g/mol. The fourth-order valence-corrected chi connectivity index (χ4v) is 1.22. The van der Waals surface area contributed by atoms with E-state index in [2.05, 4.69) is 10.3 Å². The van der Waals surface area contributed by atoms with Gasteiger partial charge in [-0.3, -0.25) is 4.79 Å². The van der Waals surface area contributed by atoms with Crippen LogP contribution in [0.3, 0.4) is 0 Å². The van der Waals surface area contributed by atoms with E-state index < -0.39 is 11.7 Å². The van der Waals surface area contributed by atoms with Gasteiger partial charge >= 0.3 is 6.09 Å². The Kier molecular flexibility index (Phi) is 4.25. The predicted molar refractivity (Wildman–Crippen MR) is 61.9 cm³/mol. The first-order chi connectivity index (χ1) is 7.92. The zero-order valence-corrected chi connectivity index (χ0v) is 10.3. The van der Waals surface area contributed by atoms with Crippen molar-refractivity contribution in [2.24, 2.45) is 0 Å². The summed E-state index contributed by atoms with van der Waals surface area (Å²) >= 11 is 0. The molecule has 17 heavy (non-hydrogen) atoms. The Morgan fingerprint density at radius 1 is 1.59 bits per heavy atom. The highest BCUT2D eigenvalue weighted by molar-refractivity contribution is 5.69. The maximum atomic E-state index is 11.3. The molecule has 0 unspecified atom stereocenters. The summed E-state index contributed by atoms with van der Waals surface area (Å²) in [5, 5.41) is 2.60. The van der Waals surface area contributed by atoms with Crippen molar-refractivity contribution in [2.75, 3.05) is 6.54 Å². The van der Waals surface area contributed by atoms with Crippen LogP contribution in [-0.2, 0) is 11.3 Å². The molecule has 94 valence electrons. The molecule has 1 N–H and O–H groups in total. The SMILES string of the molecule is CC(C)(C)OC(=O)NCCn1ccnc1C=O. The number of imidazole rings is 1. The molecule has 1 aromatic heterocycles. The Morgan fingerprint density at radius 2 is 2.29 bits per heavy atom. The number of nitrogens with zero attached hydrogens (tertiary/aromatic N) is 2. The van der Waals surface area contributed by atoms with E-state index in [1.165, 1.54) is 6.20 Å². The zero-order valence-electron chi connectivity index (χ0n) is 10.3. The molecule has 0 aliphatic rings. The molecule has 0 aromatic carbocycles. The van der Waals surface area contributed by atoms with Gasteiger partial charge < -0.3 is 14.6 Å². The van der Waals surface area contributed by atoms with Crippen LogP contribution >= 0.6 is 0 Å². The lowest BCUT2D eigenvalue weighted by Gasteiger charge is -2.19. The number of alkyl carbamates (subject to hydrolysis) is 1. The Labute approximate surface area is 100.0 Å². The van der Waals surface area contributed by atoms with E-state index in [9.17, 15) is 9.59 Å². The molecule has 6 nitrogen and oxygen atoms in total. The van der Waals surface area contributed by atoms with E-state index in [0.29, 0.717) is 25.2 Å². The molecule has 0 spiro atoms. The average molecular weight is 239 g/mol. The number of hydrogen-bond donors (Lipinski definition) is 1. The zero-order chi connectivity index (χ0) is 12.9.